The van der Waals surface area contributed by atoms with E-state index in [1.165, 1.54) is 10.6 Å². The lowest BCUT2D eigenvalue weighted by Crippen LogP contribution is -2.46. The average molecular weight is 367 g/mol. The first-order valence-electron chi connectivity index (χ1n) is 8.87. The number of hydrogen-bond acceptors (Lipinski definition) is 3. The molecule has 0 unspecified atom stereocenters. The van der Waals surface area contributed by atoms with Crippen molar-refractivity contribution in [2.24, 2.45) is 11.3 Å². The molecule has 1 aliphatic heterocycles. The summed E-state index contributed by atoms with van der Waals surface area (Å²) in [5.74, 6) is -0.332. The van der Waals surface area contributed by atoms with Crippen molar-refractivity contribution in [3.63, 3.8) is 0 Å². The van der Waals surface area contributed by atoms with Gasteiger partial charge in [0, 0.05) is 13.1 Å². The van der Waals surface area contributed by atoms with Gasteiger partial charge in [-0.3, -0.25) is 4.79 Å². The zero-order valence-corrected chi connectivity index (χ0v) is 16.5. The smallest absolute Gasteiger partial charge is 0.224 e. The van der Waals surface area contributed by atoms with E-state index in [4.69, 9.17) is 0 Å². The molecule has 25 heavy (non-hydrogen) atoms. The highest BCUT2D eigenvalue weighted by molar-refractivity contribution is 7.88. The molecular formula is C19H30N2O3S. The molecule has 2 rings (SSSR count). The van der Waals surface area contributed by atoms with Gasteiger partial charge in [0.25, 0.3) is 0 Å². The number of carbonyl (C=O) groups excluding carboxylic acids is 1. The Balaban J connectivity index is 2.11. The third-order valence-electron chi connectivity index (χ3n) is 4.56. The number of sulfonamides is 1. The van der Waals surface area contributed by atoms with Crippen LogP contribution in [0.5, 0.6) is 0 Å². The molecule has 1 N–H and O–H groups in total. The molecule has 1 aromatic carbocycles. The molecule has 0 aliphatic carbocycles. The Labute approximate surface area is 151 Å². The Morgan fingerprint density at radius 3 is 2.48 bits per heavy atom. The molecule has 2 atom stereocenters. The Kier molecular flexibility index (Phi) is 6.27. The molecule has 0 bridgehead atoms. The second kappa shape index (κ2) is 7.87. The summed E-state index contributed by atoms with van der Waals surface area (Å²) in [5.41, 5.74) is 1.15. The molecule has 0 aromatic heterocycles. The van der Waals surface area contributed by atoms with Crippen molar-refractivity contribution in [1.82, 2.24) is 9.62 Å². The maximum atomic E-state index is 12.8. The zero-order chi connectivity index (χ0) is 18.7. The fourth-order valence-corrected chi connectivity index (χ4v) is 4.21. The number of hydrogen-bond donors (Lipinski definition) is 1. The van der Waals surface area contributed by atoms with Crippen molar-refractivity contribution >= 4 is 15.9 Å². The van der Waals surface area contributed by atoms with Gasteiger partial charge in [-0.05, 0) is 30.2 Å². The number of rotatable bonds is 5. The van der Waals surface area contributed by atoms with Gasteiger partial charge in [0.1, 0.15) is 0 Å². The summed E-state index contributed by atoms with van der Waals surface area (Å²) < 4.78 is 25.0. The van der Waals surface area contributed by atoms with E-state index in [0.717, 1.165) is 24.8 Å². The second-order valence-corrected chi connectivity index (χ2v) is 10.2. The summed E-state index contributed by atoms with van der Waals surface area (Å²) >= 11 is 0. The quantitative estimate of drug-likeness (QED) is 0.871. The SMILES string of the molecule is CC(C)(C)C[C@@H](NC(=O)[C@@H]1CCCN(S(C)(=O)=O)C1)c1ccccc1. The molecule has 1 aromatic rings. The molecule has 1 amide bonds. The fourth-order valence-electron chi connectivity index (χ4n) is 3.30. The topological polar surface area (TPSA) is 66.5 Å². The predicted octanol–water partition coefficient (Wildman–Crippen LogP) is 2.95. The van der Waals surface area contributed by atoms with Crippen LogP contribution in [0.3, 0.4) is 0 Å². The van der Waals surface area contributed by atoms with Crippen molar-refractivity contribution in [2.45, 2.75) is 46.1 Å². The van der Waals surface area contributed by atoms with Crippen LogP contribution in [0.1, 0.15) is 51.6 Å². The minimum atomic E-state index is -3.25. The highest BCUT2D eigenvalue weighted by Crippen LogP contribution is 2.30. The van der Waals surface area contributed by atoms with Gasteiger partial charge < -0.3 is 5.32 Å². The normalized spacial score (nSPS) is 20.9. The lowest BCUT2D eigenvalue weighted by Gasteiger charge is -2.33. The maximum Gasteiger partial charge on any atom is 0.224 e. The number of benzene rings is 1. The predicted molar refractivity (Wildman–Crippen MR) is 101 cm³/mol. The molecule has 1 heterocycles. The van der Waals surface area contributed by atoms with Gasteiger partial charge in [-0.1, -0.05) is 51.1 Å². The van der Waals surface area contributed by atoms with Gasteiger partial charge in [-0.25, -0.2) is 12.7 Å². The van der Waals surface area contributed by atoms with Gasteiger partial charge in [-0.2, -0.15) is 0 Å². The standard InChI is InChI=1S/C19H30N2O3S/c1-19(2,3)13-17(15-9-6-5-7-10-15)20-18(22)16-11-8-12-21(14-16)25(4,23)24/h5-7,9-10,16-17H,8,11-14H2,1-4H3,(H,20,22)/t16-,17-/m1/s1. The molecule has 5 nitrogen and oxygen atoms in total. The lowest BCUT2D eigenvalue weighted by molar-refractivity contribution is -0.127. The summed E-state index contributed by atoms with van der Waals surface area (Å²) in [6, 6.07) is 9.90. The molecule has 0 spiro atoms. The molecule has 1 aliphatic rings. The van der Waals surface area contributed by atoms with Crippen LogP contribution in [0.25, 0.3) is 0 Å². The van der Waals surface area contributed by atoms with E-state index in [2.05, 4.69) is 26.1 Å². The van der Waals surface area contributed by atoms with E-state index in [0.29, 0.717) is 6.54 Å². The molecular weight excluding hydrogens is 336 g/mol. The molecule has 0 saturated carbocycles. The van der Waals surface area contributed by atoms with Crippen LogP contribution in [0.15, 0.2) is 30.3 Å². The molecule has 1 fully saturated rings. The lowest BCUT2D eigenvalue weighted by atomic mass is 9.85. The number of nitrogens with zero attached hydrogens (tertiary/aromatic N) is 1. The van der Waals surface area contributed by atoms with E-state index in [1.807, 2.05) is 30.3 Å². The van der Waals surface area contributed by atoms with Crippen LogP contribution in [0.2, 0.25) is 0 Å². The number of piperidine rings is 1. The van der Waals surface area contributed by atoms with Crippen molar-refractivity contribution in [2.75, 3.05) is 19.3 Å². The summed E-state index contributed by atoms with van der Waals surface area (Å²) in [7, 11) is -3.25. The summed E-state index contributed by atoms with van der Waals surface area (Å²) in [6.07, 6.45) is 3.49. The Morgan fingerprint density at radius 2 is 1.92 bits per heavy atom. The summed E-state index contributed by atoms with van der Waals surface area (Å²) in [5, 5.41) is 3.17. The van der Waals surface area contributed by atoms with E-state index in [9.17, 15) is 13.2 Å². The van der Waals surface area contributed by atoms with Crippen LogP contribution >= 0.6 is 0 Å². The average Bonchev–Trinajstić information content (AvgIpc) is 2.53. The van der Waals surface area contributed by atoms with Gasteiger partial charge in [0.15, 0.2) is 0 Å². The highest BCUT2D eigenvalue weighted by Gasteiger charge is 2.32. The summed E-state index contributed by atoms with van der Waals surface area (Å²) in [6.45, 7) is 7.25. The number of nitrogens with one attached hydrogen (secondary N) is 1. The van der Waals surface area contributed by atoms with E-state index in [-0.39, 0.29) is 29.8 Å². The van der Waals surface area contributed by atoms with Gasteiger partial charge in [0.05, 0.1) is 18.2 Å². The van der Waals surface area contributed by atoms with E-state index >= 15 is 0 Å². The fraction of sp³-hybridized carbons (Fsp3) is 0.632. The zero-order valence-electron chi connectivity index (χ0n) is 15.7. The first-order chi connectivity index (χ1) is 11.6. The first-order valence-corrected chi connectivity index (χ1v) is 10.7. The van der Waals surface area contributed by atoms with Crippen LogP contribution < -0.4 is 5.32 Å². The van der Waals surface area contributed by atoms with E-state index < -0.39 is 10.0 Å². The van der Waals surface area contributed by atoms with Crippen LogP contribution in [0.4, 0.5) is 0 Å². The number of carbonyl (C=O) groups is 1. The number of amides is 1. The van der Waals surface area contributed by atoms with Crippen LogP contribution in [0, 0.1) is 11.3 Å². The molecule has 6 heteroatoms. The van der Waals surface area contributed by atoms with Crippen LogP contribution in [-0.4, -0.2) is 38.0 Å². The van der Waals surface area contributed by atoms with Gasteiger partial charge >= 0.3 is 0 Å². The minimum absolute atomic E-state index is 0.0496. The Morgan fingerprint density at radius 1 is 1.28 bits per heavy atom. The first kappa shape index (κ1) is 19.9. The molecule has 140 valence electrons. The van der Waals surface area contributed by atoms with Crippen molar-refractivity contribution in [3.05, 3.63) is 35.9 Å². The molecule has 1 saturated heterocycles. The highest BCUT2D eigenvalue weighted by atomic mass is 32.2. The Hall–Kier alpha value is -1.40. The third kappa shape index (κ3) is 6.12. The monoisotopic (exact) mass is 366 g/mol. The van der Waals surface area contributed by atoms with Crippen molar-refractivity contribution in [3.8, 4) is 0 Å². The van der Waals surface area contributed by atoms with E-state index in [1.54, 1.807) is 0 Å². The third-order valence-corrected chi connectivity index (χ3v) is 5.83. The van der Waals surface area contributed by atoms with Gasteiger partial charge in [0.2, 0.25) is 15.9 Å². The largest absolute Gasteiger partial charge is 0.349 e. The molecule has 0 radical (unpaired) electrons. The van der Waals surface area contributed by atoms with Crippen molar-refractivity contribution < 1.29 is 13.2 Å². The Bertz CT molecular complexity index is 680. The maximum absolute atomic E-state index is 12.8. The summed E-state index contributed by atoms with van der Waals surface area (Å²) in [4.78, 5) is 12.8. The van der Waals surface area contributed by atoms with Crippen molar-refractivity contribution in [1.29, 1.82) is 0 Å². The minimum Gasteiger partial charge on any atom is -0.349 e. The van der Waals surface area contributed by atoms with Gasteiger partial charge in [-0.15, -0.1) is 0 Å². The second-order valence-electron chi connectivity index (χ2n) is 8.20. The van der Waals surface area contributed by atoms with Crippen LogP contribution in [-0.2, 0) is 14.8 Å².